The normalized spacial score (nSPS) is 16.3. The predicted octanol–water partition coefficient (Wildman–Crippen LogP) is 0.763. The van der Waals surface area contributed by atoms with E-state index in [0.29, 0.717) is 19.6 Å². The second-order valence-corrected chi connectivity index (χ2v) is 6.97. The van der Waals surface area contributed by atoms with Gasteiger partial charge in [-0.05, 0) is 19.3 Å². The number of amides is 1. The molecule has 0 unspecified atom stereocenters. The summed E-state index contributed by atoms with van der Waals surface area (Å²) < 4.78 is 26.9. The maximum Gasteiger partial charge on any atom is 0.345 e. The Morgan fingerprint density at radius 1 is 1.38 bits per heavy atom. The van der Waals surface area contributed by atoms with E-state index in [9.17, 15) is 13.2 Å². The van der Waals surface area contributed by atoms with Crippen molar-refractivity contribution >= 4 is 16.1 Å². The topological polar surface area (TPSA) is 88.4 Å². The number of hydrogen-bond donors (Lipinski definition) is 0. The summed E-state index contributed by atoms with van der Waals surface area (Å²) in [6, 6.07) is -0.376. The van der Waals surface area contributed by atoms with E-state index >= 15 is 0 Å². The minimum atomic E-state index is -3.67. The Labute approximate surface area is 124 Å². The molecule has 9 heteroatoms. The minimum absolute atomic E-state index is 0.304. The third-order valence-electron chi connectivity index (χ3n) is 3.48. The molecule has 21 heavy (non-hydrogen) atoms. The summed E-state index contributed by atoms with van der Waals surface area (Å²) in [5.41, 5.74) is 0. The molecule has 1 aliphatic heterocycles. The number of carbonyl (C=O) groups excluding carboxylic acids is 1. The molecule has 2 heterocycles. The monoisotopic (exact) mass is 315 g/mol. The van der Waals surface area contributed by atoms with Crippen LogP contribution in [0.15, 0.2) is 11.5 Å². The first-order chi connectivity index (χ1) is 9.96. The molecule has 1 saturated heterocycles. The van der Waals surface area contributed by atoms with E-state index in [-0.39, 0.29) is 11.2 Å². The van der Waals surface area contributed by atoms with Gasteiger partial charge in [0.1, 0.15) is 6.33 Å². The molecule has 118 valence electrons. The summed E-state index contributed by atoms with van der Waals surface area (Å²) in [6.45, 7) is 3.61. The maximum atomic E-state index is 12.3. The number of hydrogen-bond acceptors (Lipinski definition) is 5. The molecule has 1 amide bonds. The number of aromatic nitrogens is 3. The summed E-state index contributed by atoms with van der Waals surface area (Å²) in [7, 11) is -2.01. The average molecular weight is 315 g/mol. The van der Waals surface area contributed by atoms with Crippen LogP contribution < -0.4 is 0 Å². The summed E-state index contributed by atoms with van der Waals surface area (Å²) in [5, 5.41) is 3.54. The lowest BCUT2D eigenvalue weighted by atomic mass is 10.3. The number of carbonyl (C=O) groups is 1. The van der Waals surface area contributed by atoms with Gasteiger partial charge in [-0.2, -0.15) is 8.99 Å². The Kier molecular flexibility index (Phi) is 4.94. The van der Waals surface area contributed by atoms with Gasteiger partial charge < -0.3 is 4.90 Å². The quantitative estimate of drug-likeness (QED) is 0.800. The second-order valence-electron chi connectivity index (χ2n) is 5.14. The van der Waals surface area contributed by atoms with Gasteiger partial charge in [0.25, 0.3) is 15.2 Å². The van der Waals surface area contributed by atoms with E-state index in [2.05, 4.69) is 10.1 Å². The second kappa shape index (κ2) is 6.52. The predicted molar refractivity (Wildman–Crippen MR) is 76.3 cm³/mol. The van der Waals surface area contributed by atoms with Gasteiger partial charge in [-0.1, -0.05) is 13.3 Å². The first-order valence-electron chi connectivity index (χ1n) is 7.14. The summed E-state index contributed by atoms with van der Waals surface area (Å²) in [5.74, 6) is 0. The van der Waals surface area contributed by atoms with Gasteiger partial charge >= 0.3 is 6.03 Å². The van der Waals surface area contributed by atoms with E-state index in [1.165, 1.54) is 9.21 Å². The molecular weight excluding hydrogens is 294 g/mol. The van der Waals surface area contributed by atoms with Crippen molar-refractivity contribution in [2.24, 2.45) is 0 Å². The zero-order valence-electron chi connectivity index (χ0n) is 12.4. The van der Waals surface area contributed by atoms with Crippen LogP contribution >= 0.6 is 0 Å². The van der Waals surface area contributed by atoms with Crippen LogP contribution in [0.3, 0.4) is 0 Å². The highest BCUT2D eigenvalue weighted by molar-refractivity contribution is 7.88. The average Bonchev–Trinajstić information content (AvgIpc) is 3.14. The summed E-state index contributed by atoms with van der Waals surface area (Å²) >= 11 is 0. The number of rotatable bonds is 5. The molecule has 0 atom stereocenters. The van der Waals surface area contributed by atoms with Crippen molar-refractivity contribution in [3.8, 4) is 0 Å². The van der Waals surface area contributed by atoms with Gasteiger partial charge in [0, 0.05) is 26.7 Å². The Balaban J connectivity index is 2.12. The fraction of sp³-hybridized carbons (Fsp3) is 0.750. The van der Waals surface area contributed by atoms with Crippen LogP contribution in [-0.2, 0) is 10.0 Å². The van der Waals surface area contributed by atoms with Crippen LogP contribution in [0, 0.1) is 0 Å². The highest BCUT2D eigenvalue weighted by Crippen LogP contribution is 2.17. The van der Waals surface area contributed by atoms with E-state index in [4.69, 9.17) is 0 Å². The molecule has 0 N–H and O–H groups in total. The van der Waals surface area contributed by atoms with E-state index in [1.54, 1.807) is 7.05 Å². The van der Waals surface area contributed by atoms with Crippen molar-refractivity contribution in [1.29, 1.82) is 0 Å². The molecule has 0 aromatic carbocycles. The van der Waals surface area contributed by atoms with E-state index < -0.39 is 10.0 Å². The van der Waals surface area contributed by atoms with Crippen LogP contribution in [0.4, 0.5) is 4.79 Å². The zero-order chi connectivity index (χ0) is 15.5. The van der Waals surface area contributed by atoms with Crippen LogP contribution in [0.25, 0.3) is 0 Å². The van der Waals surface area contributed by atoms with Crippen molar-refractivity contribution in [2.75, 3.05) is 26.7 Å². The summed E-state index contributed by atoms with van der Waals surface area (Å²) in [6.07, 6.45) is 4.71. The first kappa shape index (κ1) is 15.9. The minimum Gasteiger partial charge on any atom is -0.326 e. The Morgan fingerprint density at radius 3 is 2.67 bits per heavy atom. The molecular formula is C12H21N5O3S. The van der Waals surface area contributed by atoms with Crippen LogP contribution in [-0.4, -0.2) is 65.1 Å². The molecule has 0 aliphatic carbocycles. The molecule has 0 spiro atoms. The van der Waals surface area contributed by atoms with Crippen LogP contribution in [0.1, 0.15) is 32.6 Å². The third kappa shape index (κ3) is 3.41. The molecule has 2 rings (SSSR count). The zero-order valence-corrected chi connectivity index (χ0v) is 13.2. The van der Waals surface area contributed by atoms with Gasteiger partial charge in [-0.25, -0.2) is 18.2 Å². The van der Waals surface area contributed by atoms with Crippen molar-refractivity contribution in [3.63, 3.8) is 0 Å². The first-order valence-corrected chi connectivity index (χ1v) is 8.58. The Morgan fingerprint density at radius 2 is 2.05 bits per heavy atom. The van der Waals surface area contributed by atoms with Crippen LogP contribution in [0.2, 0.25) is 0 Å². The van der Waals surface area contributed by atoms with Crippen molar-refractivity contribution in [3.05, 3.63) is 6.33 Å². The fourth-order valence-corrected chi connectivity index (χ4v) is 3.51. The lowest BCUT2D eigenvalue weighted by Gasteiger charge is -2.15. The molecule has 1 fully saturated rings. The van der Waals surface area contributed by atoms with Crippen LogP contribution in [0.5, 0.6) is 0 Å². The fourth-order valence-electron chi connectivity index (χ4n) is 2.17. The Hall–Kier alpha value is -1.48. The van der Waals surface area contributed by atoms with Crippen molar-refractivity contribution < 1.29 is 13.2 Å². The lowest BCUT2D eigenvalue weighted by molar-refractivity contribution is 0.206. The smallest absolute Gasteiger partial charge is 0.326 e. The number of unbranched alkanes of at least 4 members (excludes halogenated alkanes) is 1. The summed E-state index contributed by atoms with van der Waals surface area (Å²) in [4.78, 5) is 17.4. The van der Waals surface area contributed by atoms with Crippen molar-refractivity contribution in [1.82, 2.24) is 24.0 Å². The number of nitrogens with zero attached hydrogens (tertiary/aromatic N) is 5. The molecule has 0 bridgehead atoms. The number of sulfonamides is 1. The highest BCUT2D eigenvalue weighted by Gasteiger charge is 2.31. The SMILES string of the molecule is CCCCN(C)C(=O)n1cnc(S(=O)(=O)N2CCCC2)n1. The lowest BCUT2D eigenvalue weighted by Crippen LogP contribution is -2.33. The highest BCUT2D eigenvalue weighted by atomic mass is 32.2. The molecule has 0 radical (unpaired) electrons. The Bertz CT molecular complexity index is 592. The van der Waals surface area contributed by atoms with Gasteiger partial charge in [0.05, 0.1) is 0 Å². The van der Waals surface area contributed by atoms with E-state index in [1.807, 2.05) is 6.92 Å². The van der Waals surface area contributed by atoms with Gasteiger partial charge in [-0.3, -0.25) is 0 Å². The third-order valence-corrected chi connectivity index (χ3v) is 5.17. The van der Waals surface area contributed by atoms with Gasteiger partial charge in [0.15, 0.2) is 0 Å². The molecule has 8 nitrogen and oxygen atoms in total. The van der Waals surface area contributed by atoms with Crippen molar-refractivity contribution in [2.45, 2.75) is 37.8 Å². The molecule has 1 aromatic rings. The molecule has 1 aromatic heterocycles. The molecule has 1 aliphatic rings. The van der Waals surface area contributed by atoms with E-state index in [0.717, 1.165) is 36.7 Å². The molecule has 0 saturated carbocycles. The standard InChI is InChI=1S/C12H21N5O3S/c1-3-4-7-15(2)12(18)17-10-13-11(14-17)21(19,20)16-8-5-6-9-16/h10H,3-9H2,1-2H3. The van der Waals surface area contributed by atoms with Gasteiger partial charge in [0.2, 0.25) is 0 Å². The maximum absolute atomic E-state index is 12.3. The largest absolute Gasteiger partial charge is 0.345 e. The van der Waals surface area contributed by atoms with Gasteiger partial charge in [-0.15, -0.1) is 5.10 Å².